The second-order valence-corrected chi connectivity index (χ2v) is 8.72. The fraction of sp³-hybridized carbons (Fsp3) is 0.900. The zero-order chi connectivity index (χ0) is 17.4. The molecule has 5 nitrogen and oxygen atoms in total. The van der Waals surface area contributed by atoms with E-state index in [-0.39, 0.29) is 5.91 Å². The van der Waals surface area contributed by atoms with E-state index in [9.17, 15) is 14.7 Å². The second kappa shape index (κ2) is 7.26. The van der Waals surface area contributed by atoms with Crippen LogP contribution in [-0.2, 0) is 9.59 Å². The number of piperidine rings is 1. The number of carbonyl (C=O) groups is 2. The number of likely N-dealkylation sites (tertiary alicyclic amines) is 2. The Morgan fingerprint density at radius 1 is 0.840 bits per heavy atom. The van der Waals surface area contributed by atoms with Gasteiger partial charge in [-0.3, -0.25) is 14.5 Å². The first-order valence-electron chi connectivity index (χ1n) is 10.4. The van der Waals surface area contributed by atoms with Crippen molar-refractivity contribution in [3.05, 3.63) is 0 Å². The maximum Gasteiger partial charge on any atom is 0.320 e. The van der Waals surface area contributed by atoms with Crippen molar-refractivity contribution in [2.24, 2.45) is 11.8 Å². The summed E-state index contributed by atoms with van der Waals surface area (Å²) in [5.41, 5.74) is 0. The van der Waals surface area contributed by atoms with Crippen LogP contribution in [0, 0.1) is 11.8 Å². The van der Waals surface area contributed by atoms with Crippen LogP contribution in [0.1, 0.15) is 70.6 Å². The number of hydrogen-bond acceptors (Lipinski definition) is 3. The van der Waals surface area contributed by atoms with Gasteiger partial charge < -0.3 is 10.0 Å². The lowest BCUT2D eigenvalue weighted by Gasteiger charge is -2.45. The van der Waals surface area contributed by atoms with Crippen molar-refractivity contribution < 1.29 is 14.7 Å². The molecular weight excluding hydrogens is 316 g/mol. The van der Waals surface area contributed by atoms with Gasteiger partial charge in [-0.2, -0.15) is 0 Å². The van der Waals surface area contributed by atoms with Gasteiger partial charge >= 0.3 is 5.97 Å². The molecule has 140 valence electrons. The van der Waals surface area contributed by atoms with E-state index in [1.807, 2.05) is 0 Å². The quantitative estimate of drug-likeness (QED) is 0.852. The monoisotopic (exact) mass is 348 g/mol. The van der Waals surface area contributed by atoms with Crippen LogP contribution in [0.15, 0.2) is 0 Å². The molecule has 4 fully saturated rings. The Hall–Kier alpha value is -1.10. The summed E-state index contributed by atoms with van der Waals surface area (Å²) in [6.45, 7) is 1.20. The minimum absolute atomic E-state index is 0.189. The van der Waals surface area contributed by atoms with Crippen molar-refractivity contribution in [2.75, 3.05) is 13.1 Å². The Balaban J connectivity index is 1.47. The summed E-state index contributed by atoms with van der Waals surface area (Å²) < 4.78 is 0. The molecule has 0 spiro atoms. The molecule has 0 aromatic rings. The average Bonchev–Trinajstić information content (AvgIpc) is 3.00. The first-order valence-corrected chi connectivity index (χ1v) is 10.4. The van der Waals surface area contributed by atoms with E-state index in [0.717, 1.165) is 38.6 Å². The number of nitrogens with zero attached hydrogens (tertiary/aromatic N) is 2. The lowest BCUT2D eigenvalue weighted by Crippen LogP contribution is -2.54. The number of amides is 1. The van der Waals surface area contributed by atoms with Crippen LogP contribution in [0.25, 0.3) is 0 Å². The van der Waals surface area contributed by atoms with E-state index in [1.165, 1.54) is 38.5 Å². The number of carbonyl (C=O) groups excluding carboxylic acids is 1. The molecule has 0 aromatic heterocycles. The third-order valence-electron chi connectivity index (χ3n) is 7.39. The van der Waals surface area contributed by atoms with Crippen LogP contribution in [0.3, 0.4) is 0 Å². The molecular formula is C20H32N2O3. The normalized spacial score (nSPS) is 38.9. The fourth-order valence-electron chi connectivity index (χ4n) is 6.20. The molecule has 0 bridgehead atoms. The minimum atomic E-state index is -0.739. The van der Waals surface area contributed by atoms with E-state index in [0.29, 0.717) is 30.5 Å². The summed E-state index contributed by atoms with van der Waals surface area (Å²) in [4.78, 5) is 29.1. The molecule has 25 heavy (non-hydrogen) atoms. The van der Waals surface area contributed by atoms with Crippen molar-refractivity contribution in [3.8, 4) is 0 Å². The van der Waals surface area contributed by atoms with Crippen molar-refractivity contribution in [1.82, 2.24) is 9.80 Å². The summed E-state index contributed by atoms with van der Waals surface area (Å²) in [6, 6.07) is 0.276. The molecule has 0 unspecified atom stereocenters. The lowest BCUT2D eigenvalue weighted by atomic mass is 9.78. The standard InChI is InChI=1S/C20H32N2O3/c23-19(21-11-5-8-14-6-1-3-9-16(14)21)13-22-17-10-4-2-7-15(17)12-18(22)20(24)25/h14-18H,1-13H2,(H,24,25)/t14-,15+,16-,17+,18+/m1/s1. The third-order valence-corrected chi connectivity index (χ3v) is 7.39. The van der Waals surface area contributed by atoms with Crippen molar-refractivity contribution >= 4 is 11.9 Å². The SMILES string of the molecule is O=C(O)[C@@H]1C[C@@H]2CCCC[C@@H]2N1CC(=O)N1CCC[C@H]2CCCC[C@H]21. The van der Waals surface area contributed by atoms with E-state index < -0.39 is 12.0 Å². The largest absolute Gasteiger partial charge is 0.480 e. The van der Waals surface area contributed by atoms with Crippen molar-refractivity contribution in [2.45, 2.75) is 88.8 Å². The minimum Gasteiger partial charge on any atom is -0.480 e. The Morgan fingerprint density at radius 2 is 1.48 bits per heavy atom. The van der Waals surface area contributed by atoms with Gasteiger partial charge in [0.15, 0.2) is 0 Å². The van der Waals surface area contributed by atoms with Gasteiger partial charge in [-0.05, 0) is 56.8 Å². The van der Waals surface area contributed by atoms with E-state index in [2.05, 4.69) is 9.80 Å². The maximum absolute atomic E-state index is 13.1. The third kappa shape index (κ3) is 3.32. The molecule has 2 saturated heterocycles. The Bertz CT molecular complexity index is 521. The highest BCUT2D eigenvalue weighted by atomic mass is 16.4. The summed E-state index contributed by atoms with van der Waals surface area (Å²) >= 11 is 0. The molecule has 0 aromatic carbocycles. The molecule has 5 heteroatoms. The number of fused-ring (bicyclic) bond motifs is 2. The van der Waals surface area contributed by atoms with E-state index in [4.69, 9.17) is 0 Å². The van der Waals surface area contributed by atoms with Gasteiger partial charge in [0.25, 0.3) is 0 Å². The first kappa shape index (κ1) is 17.3. The van der Waals surface area contributed by atoms with Crippen LogP contribution in [-0.4, -0.2) is 58.0 Å². The number of aliphatic carboxylic acids is 1. The summed E-state index contributed by atoms with van der Waals surface area (Å²) in [5, 5.41) is 9.67. The van der Waals surface area contributed by atoms with Gasteiger partial charge in [-0.15, -0.1) is 0 Å². The smallest absolute Gasteiger partial charge is 0.320 e. The predicted molar refractivity (Wildman–Crippen MR) is 95.2 cm³/mol. The molecule has 4 aliphatic rings. The van der Waals surface area contributed by atoms with Crippen LogP contribution in [0.5, 0.6) is 0 Å². The summed E-state index contributed by atoms with van der Waals surface area (Å²) in [6.07, 6.45) is 12.6. The van der Waals surface area contributed by atoms with Gasteiger partial charge in [0.1, 0.15) is 6.04 Å². The van der Waals surface area contributed by atoms with E-state index >= 15 is 0 Å². The van der Waals surface area contributed by atoms with Gasteiger partial charge in [0.2, 0.25) is 5.91 Å². The highest BCUT2D eigenvalue weighted by Crippen LogP contribution is 2.40. The molecule has 2 saturated carbocycles. The Morgan fingerprint density at radius 3 is 2.24 bits per heavy atom. The molecule has 1 N–H and O–H groups in total. The van der Waals surface area contributed by atoms with Crippen molar-refractivity contribution in [3.63, 3.8) is 0 Å². The van der Waals surface area contributed by atoms with Crippen molar-refractivity contribution in [1.29, 1.82) is 0 Å². The predicted octanol–water partition coefficient (Wildman–Crippen LogP) is 2.89. The van der Waals surface area contributed by atoms with Crippen LogP contribution in [0.2, 0.25) is 0 Å². The molecule has 0 radical (unpaired) electrons. The average molecular weight is 348 g/mol. The Labute approximate surface area is 150 Å². The number of hydrogen-bond donors (Lipinski definition) is 1. The highest BCUT2D eigenvalue weighted by Gasteiger charge is 2.46. The van der Waals surface area contributed by atoms with Gasteiger partial charge in [-0.25, -0.2) is 0 Å². The van der Waals surface area contributed by atoms with Gasteiger partial charge in [-0.1, -0.05) is 25.7 Å². The lowest BCUT2D eigenvalue weighted by molar-refractivity contribution is -0.146. The number of rotatable bonds is 3. The first-order chi connectivity index (χ1) is 12.1. The molecule has 5 atom stereocenters. The fourth-order valence-corrected chi connectivity index (χ4v) is 6.20. The molecule has 1 amide bonds. The Kier molecular flexibility index (Phi) is 5.03. The number of carboxylic acids is 1. The van der Waals surface area contributed by atoms with Crippen LogP contribution >= 0.6 is 0 Å². The van der Waals surface area contributed by atoms with Crippen LogP contribution < -0.4 is 0 Å². The summed E-state index contributed by atoms with van der Waals surface area (Å²) in [7, 11) is 0. The molecule has 2 aliphatic heterocycles. The molecule has 2 aliphatic carbocycles. The number of carboxylic acid groups (broad SMARTS) is 1. The molecule has 4 rings (SSSR count). The van der Waals surface area contributed by atoms with Crippen LogP contribution in [0.4, 0.5) is 0 Å². The highest BCUT2D eigenvalue weighted by molar-refractivity contribution is 5.81. The molecule has 2 heterocycles. The topological polar surface area (TPSA) is 60.9 Å². The maximum atomic E-state index is 13.1. The summed E-state index contributed by atoms with van der Waals surface area (Å²) in [5.74, 6) is 0.611. The van der Waals surface area contributed by atoms with E-state index in [1.54, 1.807) is 0 Å². The second-order valence-electron chi connectivity index (χ2n) is 8.72. The zero-order valence-electron chi connectivity index (χ0n) is 15.2. The zero-order valence-corrected chi connectivity index (χ0v) is 15.2. The van der Waals surface area contributed by atoms with Gasteiger partial charge in [0, 0.05) is 18.6 Å². The van der Waals surface area contributed by atoms with Gasteiger partial charge in [0.05, 0.1) is 6.54 Å².